The van der Waals surface area contributed by atoms with Crippen molar-refractivity contribution in [2.45, 2.75) is 19.4 Å². The molecule has 1 aliphatic rings. The van der Waals surface area contributed by atoms with Gasteiger partial charge < -0.3 is 5.32 Å². The summed E-state index contributed by atoms with van der Waals surface area (Å²) in [7, 11) is 0. The molecule has 0 saturated carbocycles. The van der Waals surface area contributed by atoms with Crippen molar-refractivity contribution in [3.8, 4) is 0 Å². The molecule has 0 saturated heterocycles. The van der Waals surface area contributed by atoms with E-state index in [-0.39, 0.29) is 12.4 Å². The number of benzene rings is 1. The molecule has 1 nitrogen and oxygen atoms in total. The third-order valence-corrected chi connectivity index (χ3v) is 4.21. The topological polar surface area (TPSA) is 12.0 Å². The van der Waals surface area contributed by atoms with E-state index in [0.717, 1.165) is 13.1 Å². The second kappa shape index (κ2) is 5.21. The molecule has 1 aromatic carbocycles. The molecule has 0 amide bonds. The molecular weight excluding hydrogens is 250 g/mol. The fourth-order valence-corrected chi connectivity index (χ4v) is 3.25. The van der Waals surface area contributed by atoms with E-state index in [9.17, 15) is 0 Å². The third-order valence-electron chi connectivity index (χ3n) is 3.27. The summed E-state index contributed by atoms with van der Waals surface area (Å²) in [5, 5.41) is 5.71. The third kappa shape index (κ3) is 2.39. The van der Waals surface area contributed by atoms with Crippen molar-refractivity contribution in [3.05, 3.63) is 57.3 Å². The lowest BCUT2D eigenvalue weighted by Gasteiger charge is -2.24. The van der Waals surface area contributed by atoms with Gasteiger partial charge in [0.1, 0.15) is 0 Å². The van der Waals surface area contributed by atoms with Crippen molar-refractivity contribution >= 4 is 23.7 Å². The largest absolute Gasteiger partial charge is 0.311 e. The molecule has 0 fully saturated rings. The molecule has 1 N–H and O–H groups in total. The number of hydrogen-bond donors (Lipinski definition) is 1. The molecule has 17 heavy (non-hydrogen) atoms. The first-order chi connectivity index (χ1) is 7.84. The van der Waals surface area contributed by atoms with Crippen molar-refractivity contribution in [2.75, 3.05) is 6.54 Å². The zero-order valence-corrected chi connectivity index (χ0v) is 11.4. The van der Waals surface area contributed by atoms with Crippen LogP contribution in [0.25, 0.3) is 0 Å². The Morgan fingerprint density at radius 3 is 2.71 bits per heavy atom. The number of halogens is 1. The Morgan fingerprint density at radius 2 is 1.94 bits per heavy atom. The SMILES string of the molecule is Cc1ccc(C2CNCc3sccc32)cc1.Cl. The van der Waals surface area contributed by atoms with Gasteiger partial charge in [0.25, 0.3) is 0 Å². The van der Waals surface area contributed by atoms with Crippen LogP contribution in [0.4, 0.5) is 0 Å². The summed E-state index contributed by atoms with van der Waals surface area (Å²) in [5.74, 6) is 0.538. The highest BCUT2D eigenvalue weighted by atomic mass is 35.5. The normalized spacial score (nSPS) is 18.3. The average Bonchev–Trinajstić information content (AvgIpc) is 2.78. The molecule has 0 spiro atoms. The van der Waals surface area contributed by atoms with Crippen molar-refractivity contribution in [2.24, 2.45) is 0 Å². The quantitative estimate of drug-likeness (QED) is 0.829. The minimum Gasteiger partial charge on any atom is -0.311 e. The average molecular weight is 266 g/mol. The van der Waals surface area contributed by atoms with Crippen LogP contribution in [0.15, 0.2) is 35.7 Å². The lowest BCUT2D eigenvalue weighted by atomic mass is 9.89. The van der Waals surface area contributed by atoms with Gasteiger partial charge in [-0.2, -0.15) is 0 Å². The zero-order valence-electron chi connectivity index (χ0n) is 9.77. The number of aryl methyl sites for hydroxylation is 1. The van der Waals surface area contributed by atoms with Gasteiger partial charge in [0.05, 0.1) is 0 Å². The molecular formula is C14H16ClNS. The molecule has 0 aliphatic carbocycles. The summed E-state index contributed by atoms with van der Waals surface area (Å²) >= 11 is 1.86. The number of hydrogen-bond acceptors (Lipinski definition) is 2. The Kier molecular flexibility index (Phi) is 3.87. The highest BCUT2D eigenvalue weighted by Gasteiger charge is 2.21. The van der Waals surface area contributed by atoms with Gasteiger partial charge in [0.15, 0.2) is 0 Å². The summed E-state index contributed by atoms with van der Waals surface area (Å²) in [6.07, 6.45) is 0. The van der Waals surface area contributed by atoms with Crippen molar-refractivity contribution in [1.82, 2.24) is 5.32 Å². The number of fused-ring (bicyclic) bond motifs is 1. The fraction of sp³-hybridized carbons (Fsp3) is 0.286. The number of nitrogens with one attached hydrogen (secondary N) is 1. The van der Waals surface area contributed by atoms with Crippen molar-refractivity contribution in [3.63, 3.8) is 0 Å². The van der Waals surface area contributed by atoms with Crippen LogP contribution in [0, 0.1) is 6.92 Å². The smallest absolute Gasteiger partial charge is 0.0303 e. The summed E-state index contributed by atoms with van der Waals surface area (Å²) in [5.41, 5.74) is 4.28. The van der Waals surface area contributed by atoms with Gasteiger partial charge >= 0.3 is 0 Å². The van der Waals surface area contributed by atoms with E-state index in [1.165, 1.54) is 21.6 Å². The number of rotatable bonds is 1. The van der Waals surface area contributed by atoms with Crippen LogP contribution in [0.5, 0.6) is 0 Å². The van der Waals surface area contributed by atoms with Crippen LogP contribution in [0.2, 0.25) is 0 Å². The van der Waals surface area contributed by atoms with E-state index < -0.39 is 0 Å². The first-order valence-electron chi connectivity index (χ1n) is 5.68. The molecule has 3 rings (SSSR count). The summed E-state index contributed by atoms with van der Waals surface area (Å²) in [6, 6.07) is 11.2. The van der Waals surface area contributed by atoms with Crippen molar-refractivity contribution < 1.29 is 0 Å². The predicted octanol–water partition coefficient (Wildman–Crippen LogP) is 3.71. The van der Waals surface area contributed by atoms with Gasteiger partial charge in [-0.05, 0) is 29.5 Å². The van der Waals surface area contributed by atoms with Gasteiger partial charge in [0.2, 0.25) is 0 Å². The van der Waals surface area contributed by atoms with Gasteiger partial charge in [0, 0.05) is 23.9 Å². The van der Waals surface area contributed by atoms with Crippen LogP contribution in [0.3, 0.4) is 0 Å². The molecule has 1 atom stereocenters. The molecule has 0 bridgehead atoms. The van der Waals surface area contributed by atoms with Gasteiger partial charge in [-0.15, -0.1) is 23.7 Å². The molecule has 90 valence electrons. The van der Waals surface area contributed by atoms with E-state index in [1.807, 2.05) is 11.3 Å². The molecule has 3 heteroatoms. The first kappa shape index (κ1) is 12.6. The second-order valence-corrected chi connectivity index (χ2v) is 5.39. The molecule has 1 aliphatic heterocycles. The van der Waals surface area contributed by atoms with Crippen molar-refractivity contribution in [1.29, 1.82) is 0 Å². The van der Waals surface area contributed by atoms with E-state index in [1.54, 1.807) is 0 Å². The minimum atomic E-state index is 0. The molecule has 2 aromatic rings. The maximum Gasteiger partial charge on any atom is 0.0303 e. The summed E-state index contributed by atoms with van der Waals surface area (Å²) in [6.45, 7) is 4.24. The minimum absolute atomic E-state index is 0. The van der Waals surface area contributed by atoms with E-state index >= 15 is 0 Å². The molecule has 2 heterocycles. The van der Waals surface area contributed by atoms with E-state index in [2.05, 4.69) is 48.0 Å². The van der Waals surface area contributed by atoms with E-state index in [4.69, 9.17) is 0 Å². The Hall–Kier alpha value is -0.830. The molecule has 1 aromatic heterocycles. The van der Waals surface area contributed by atoms with Crippen LogP contribution >= 0.6 is 23.7 Å². The second-order valence-electron chi connectivity index (χ2n) is 4.39. The maximum absolute atomic E-state index is 3.50. The lowest BCUT2D eigenvalue weighted by Crippen LogP contribution is -2.27. The highest BCUT2D eigenvalue weighted by Crippen LogP contribution is 2.33. The number of thiophene rings is 1. The van der Waals surface area contributed by atoms with Crippen LogP contribution in [0.1, 0.15) is 27.5 Å². The Labute approximate surface area is 112 Å². The standard InChI is InChI=1S/C14H15NS.ClH/c1-10-2-4-11(5-3-10)13-8-15-9-14-12(13)6-7-16-14;/h2-7,13,15H,8-9H2,1H3;1H. The summed E-state index contributed by atoms with van der Waals surface area (Å²) in [4.78, 5) is 1.50. The molecule has 1 unspecified atom stereocenters. The Morgan fingerprint density at radius 1 is 1.18 bits per heavy atom. The maximum atomic E-state index is 3.50. The lowest BCUT2D eigenvalue weighted by molar-refractivity contribution is 0.600. The molecule has 0 radical (unpaired) electrons. The Balaban J connectivity index is 0.00000108. The van der Waals surface area contributed by atoms with Crippen LogP contribution in [-0.4, -0.2) is 6.54 Å². The van der Waals surface area contributed by atoms with Gasteiger partial charge in [-0.3, -0.25) is 0 Å². The highest BCUT2D eigenvalue weighted by molar-refractivity contribution is 7.10. The van der Waals surface area contributed by atoms with Crippen LogP contribution < -0.4 is 5.32 Å². The monoisotopic (exact) mass is 265 g/mol. The fourth-order valence-electron chi connectivity index (χ4n) is 2.34. The van der Waals surface area contributed by atoms with Gasteiger partial charge in [-0.25, -0.2) is 0 Å². The first-order valence-corrected chi connectivity index (χ1v) is 6.56. The predicted molar refractivity (Wildman–Crippen MR) is 76.3 cm³/mol. The zero-order chi connectivity index (χ0) is 11.0. The van der Waals surface area contributed by atoms with Gasteiger partial charge in [-0.1, -0.05) is 29.8 Å². The van der Waals surface area contributed by atoms with E-state index in [0.29, 0.717) is 5.92 Å². The summed E-state index contributed by atoms with van der Waals surface area (Å²) < 4.78 is 0. The Bertz CT molecular complexity index is 489. The van der Waals surface area contributed by atoms with Crippen LogP contribution in [-0.2, 0) is 6.54 Å².